The molecule has 0 saturated carbocycles. The molecule has 2 saturated heterocycles. The molecule has 2 aliphatic rings. The van der Waals surface area contributed by atoms with Gasteiger partial charge >= 0.3 is 6.09 Å². The van der Waals surface area contributed by atoms with Gasteiger partial charge in [-0.05, 0) is 12.5 Å². The van der Waals surface area contributed by atoms with Crippen LogP contribution in [-0.4, -0.2) is 60.8 Å². The fourth-order valence-corrected chi connectivity index (χ4v) is 2.91. The Hall–Kier alpha value is -1.59. The summed E-state index contributed by atoms with van der Waals surface area (Å²) in [5, 5.41) is 0. The van der Waals surface area contributed by atoms with Gasteiger partial charge in [0, 0.05) is 31.7 Å². The molecule has 5 nitrogen and oxygen atoms in total. The van der Waals surface area contributed by atoms with Gasteiger partial charge in [0.25, 0.3) is 0 Å². The van der Waals surface area contributed by atoms with E-state index in [-0.39, 0.29) is 6.09 Å². The van der Waals surface area contributed by atoms with E-state index >= 15 is 0 Å². The van der Waals surface area contributed by atoms with Crippen LogP contribution in [0.2, 0.25) is 0 Å². The lowest BCUT2D eigenvalue weighted by atomic mass is 10.1. The summed E-state index contributed by atoms with van der Waals surface area (Å²) in [6.45, 7) is 6.58. The number of carbonyl (C=O) groups excluding carboxylic acids is 1. The van der Waals surface area contributed by atoms with Gasteiger partial charge in [-0.3, -0.25) is 4.90 Å². The summed E-state index contributed by atoms with van der Waals surface area (Å²) in [5.41, 5.74) is 1.02. The second kappa shape index (κ2) is 6.45. The van der Waals surface area contributed by atoms with Crippen LogP contribution >= 0.6 is 0 Å². The molecule has 0 unspecified atom stereocenters. The molecule has 114 valence electrons. The van der Waals surface area contributed by atoms with Crippen LogP contribution in [-0.2, 0) is 16.1 Å². The Morgan fingerprint density at radius 1 is 1.33 bits per heavy atom. The van der Waals surface area contributed by atoms with Gasteiger partial charge in [0.05, 0.1) is 13.2 Å². The maximum atomic E-state index is 12.0. The number of nitrogens with zero attached hydrogens (tertiary/aromatic N) is 2. The molecule has 0 radical (unpaired) electrons. The largest absolute Gasteiger partial charge is 0.445 e. The van der Waals surface area contributed by atoms with Gasteiger partial charge < -0.3 is 14.4 Å². The molecule has 0 aromatic heterocycles. The third-order valence-electron chi connectivity index (χ3n) is 4.21. The van der Waals surface area contributed by atoms with Crippen LogP contribution in [0.15, 0.2) is 30.3 Å². The van der Waals surface area contributed by atoms with Crippen LogP contribution in [0.5, 0.6) is 0 Å². The zero-order valence-electron chi connectivity index (χ0n) is 12.4. The first-order valence-corrected chi connectivity index (χ1v) is 7.53. The minimum atomic E-state index is -0.212. The maximum absolute atomic E-state index is 12.0. The summed E-state index contributed by atoms with van der Waals surface area (Å²) >= 11 is 0. The first kappa shape index (κ1) is 14.4. The van der Waals surface area contributed by atoms with Crippen molar-refractivity contribution in [2.24, 2.45) is 0 Å². The highest BCUT2D eigenvalue weighted by molar-refractivity contribution is 5.68. The second-order valence-electron chi connectivity index (χ2n) is 5.76. The zero-order valence-corrected chi connectivity index (χ0v) is 12.4. The van der Waals surface area contributed by atoms with Crippen molar-refractivity contribution >= 4 is 6.09 Å². The van der Waals surface area contributed by atoms with Crippen LogP contribution in [0.1, 0.15) is 12.5 Å². The molecule has 21 heavy (non-hydrogen) atoms. The van der Waals surface area contributed by atoms with Crippen LogP contribution < -0.4 is 0 Å². The number of benzene rings is 1. The van der Waals surface area contributed by atoms with E-state index in [1.165, 1.54) is 0 Å². The predicted molar refractivity (Wildman–Crippen MR) is 79.0 cm³/mol. The molecule has 2 fully saturated rings. The van der Waals surface area contributed by atoms with E-state index < -0.39 is 0 Å². The minimum Gasteiger partial charge on any atom is -0.445 e. The Morgan fingerprint density at radius 3 is 2.81 bits per heavy atom. The van der Waals surface area contributed by atoms with E-state index in [0.717, 1.165) is 38.4 Å². The van der Waals surface area contributed by atoms with Gasteiger partial charge in [0.2, 0.25) is 0 Å². The Balaban J connectivity index is 1.42. The van der Waals surface area contributed by atoms with Crippen molar-refractivity contribution in [1.82, 2.24) is 9.80 Å². The number of likely N-dealkylation sites (tertiary alicyclic amines) is 1. The Kier molecular flexibility index (Phi) is 4.41. The van der Waals surface area contributed by atoms with Crippen molar-refractivity contribution in [3.8, 4) is 0 Å². The standard InChI is InChI=1S/C16H22N2O3/c1-13-11-20-8-7-18(13)15-9-17(10-15)16(19)21-12-14-5-3-2-4-6-14/h2-6,13,15H,7-12H2,1H3/t13-/m1/s1. The third-order valence-corrected chi connectivity index (χ3v) is 4.21. The van der Waals surface area contributed by atoms with E-state index in [2.05, 4.69) is 11.8 Å². The van der Waals surface area contributed by atoms with Crippen LogP contribution in [0.4, 0.5) is 4.79 Å². The van der Waals surface area contributed by atoms with E-state index in [9.17, 15) is 4.79 Å². The lowest BCUT2D eigenvalue weighted by molar-refractivity contribution is -0.0601. The molecule has 0 N–H and O–H groups in total. The Morgan fingerprint density at radius 2 is 2.10 bits per heavy atom. The zero-order chi connectivity index (χ0) is 14.7. The minimum absolute atomic E-state index is 0.212. The quantitative estimate of drug-likeness (QED) is 0.850. The number of carbonyl (C=O) groups is 1. The van der Waals surface area contributed by atoms with Crippen molar-refractivity contribution in [2.75, 3.05) is 32.8 Å². The van der Waals surface area contributed by atoms with Crippen molar-refractivity contribution in [3.05, 3.63) is 35.9 Å². The van der Waals surface area contributed by atoms with E-state index in [1.54, 1.807) is 4.90 Å². The molecule has 1 amide bonds. The Bertz CT molecular complexity index is 474. The highest BCUT2D eigenvalue weighted by atomic mass is 16.6. The number of hydrogen-bond donors (Lipinski definition) is 0. The summed E-state index contributed by atoms with van der Waals surface area (Å²) in [6, 6.07) is 10.7. The summed E-state index contributed by atoms with van der Waals surface area (Å²) < 4.78 is 10.8. The molecule has 3 rings (SSSR count). The number of hydrogen-bond acceptors (Lipinski definition) is 4. The molecule has 1 aromatic carbocycles. The van der Waals surface area contributed by atoms with Gasteiger partial charge in [-0.15, -0.1) is 0 Å². The Labute approximate surface area is 125 Å². The third kappa shape index (κ3) is 3.36. The van der Waals surface area contributed by atoms with Crippen LogP contribution in [0.3, 0.4) is 0 Å². The van der Waals surface area contributed by atoms with Gasteiger partial charge in [0.15, 0.2) is 0 Å². The molecular formula is C16H22N2O3. The number of rotatable bonds is 3. The van der Waals surface area contributed by atoms with E-state index in [0.29, 0.717) is 18.7 Å². The first-order chi connectivity index (χ1) is 10.2. The second-order valence-corrected chi connectivity index (χ2v) is 5.76. The van der Waals surface area contributed by atoms with E-state index in [4.69, 9.17) is 9.47 Å². The van der Waals surface area contributed by atoms with Crippen molar-refractivity contribution < 1.29 is 14.3 Å². The fraction of sp³-hybridized carbons (Fsp3) is 0.562. The molecule has 0 spiro atoms. The number of amides is 1. The average Bonchev–Trinajstić information content (AvgIpc) is 2.47. The average molecular weight is 290 g/mol. The molecule has 5 heteroatoms. The number of morpholine rings is 1. The predicted octanol–water partition coefficient (Wildman–Crippen LogP) is 1.73. The lowest BCUT2D eigenvalue weighted by Gasteiger charge is -2.48. The van der Waals surface area contributed by atoms with Gasteiger partial charge in [-0.25, -0.2) is 4.79 Å². The molecule has 0 bridgehead atoms. The molecule has 0 aliphatic carbocycles. The monoisotopic (exact) mass is 290 g/mol. The SMILES string of the molecule is C[C@@H]1COCCN1C1CN(C(=O)OCc2ccccc2)C1. The smallest absolute Gasteiger partial charge is 0.410 e. The lowest BCUT2D eigenvalue weighted by Crippen LogP contribution is -2.64. The fourth-order valence-electron chi connectivity index (χ4n) is 2.91. The van der Waals surface area contributed by atoms with E-state index in [1.807, 2.05) is 30.3 Å². The summed E-state index contributed by atoms with van der Waals surface area (Å²) in [4.78, 5) is 16.2. The molecule has 2 aliphatic heterocycles. The highest BCUT2D eigenvalue weighted by Crippen LogP contribution is 2.20. The maximum Gasteiger partial charge on any atom is 0.410 e. The van der Waals surface area contributed by atoms with Crippen LogP contribution in [0.25, 0.3) is 0 Å². The normalized spacial score (nSPS) is 23.7. The van der Waals surface area contributed by atoms with Crippen molar-refractivity contribution in [3.63, 3.8) is 0 Å². The highest BCUT2D eigenvalue weighted by Gasteiger charge is 2.38. The number of ether oxygens (including phenoxy) is 2. The van der Waals surface area contributed by atoms with Crippen LogP contribution in [0, 0.1) is 0 Å². The molecule has 1 atom stereocenters. The first-order valence-electron chi connectivity index (χ1n) is 7.53. The van der Waals surface area contributed by atoms with Gasteiger partial charge in [-0.1, -0.05) is 30.3 Å². The molecular weight excluding hydrogens is 268 g/mol. The van der Waals surface area contributed by atoms with Gasteiger partial charge in [0.1, 0.15) is 6.61 Å². The summed E-state index contributed by atoms with van der Waals surface area (Å²) in [7, 11) is 0. The van der Waals surface area contributed by atoms with Crippen molar-refractivity contribution in [1.29, 1.82) is 0 Å². The summed E-state index contributed by atoms with van der Waals surface area (Å²) in [6.07, 6.45) is -0.212. The molecule has 1 aromatic rings. The topological polar surface area (TPSA) is 42.0 Å². The van der Waals surface area contributed by atoms with Gasteiger partial charge in [-0.2, -0.15) is 0 Å². The summed E-state index contributed by atoms with van der Waals surface area (Å²) in [5.74, 6) is 0. The van der Waals surface area contributed by atoms with Crippen molar-refractivity contribution in [2.45, 2.75) is 25.6 Å². The molecule has 2 heterocycles.